The van der Waals surface area contributed by atoms with E-state index in [0.717, 1.165) is 6.42 Å². The molecule has 0 saturated heterocycles. The summed E-state index contributed by atoms with van der Waals surface area (Å²) < 4.78 is 24.5. The highest BCUT2D eigenvalue weighted by molar-refractivity contribution is 7.86. The fourth-order valence-corrected chi connectivity index (χ4v) is 1.15. The van der Waals surface area contributed by atoms with Crippen LogP contribution in [-0.4, -0.2) is 37.8 Å². The number of aliphatic hydroxyl groups is 1. The molecule has 0 aliphatic heterocycles. The van der Waals surface area contributed by atoms with Crippen LogP contribution in [-0.2, 0) is 10.8 Å². The molecule has 0 aliphatic rings. The van der Waals surface area contributed by atoms with Crippen molar-refractivity contribution >= 4 is 18.6 Å². The topological polar surface area (TPSA) is 37.3 Å². The summed E-state index contributed by atoms with van der Waals surface area (Å²) in [7, 11) is -2.02. The predicted molar refractivity (Wildman–Crippen MR) is 42.7 cm³/mol. The van der Waals surface area contributed by atoms with Gasteiger partial charge in [0.15, 0.2) is 0 Å². The summed E-state index contributed by atoms with van der Waals surface area (Å²) in [5.41, 5.74) is 0.130. The van der Waals surface area contributed by atoms with E-state index >= 15 is 0 Å². The highest BCUT2D eigenvalue weighted by Crippen LogP contribution is 1.90. The standard InChI is InChI=1S/C5H13BO2S/c6-5-9(8)4-2-1-3-7/h7H,1-6H2/i6TD. The van der Waals surface area contributed by atoms with E-state index in [0.29, 0.717) is 12.2 Å². The zero-order chi connectivity index (χ0) is 8.69. The van der Waals surface area contributed by atoms with Gasteiger partial charge in [-0.2, -0.15) is 0 Å². The number of hydrogen-bond donors (Lipinski definition) is 1. The predicted octanol–water partition coefficient (Wildman–Crippen LogP) is -0.902. The lowest BCUT2D eigenvalue weighted by atomic mass is 10.2. The van der Waals surface area contributed by atoms with Crippen LogP contribution in [0.1, 0.15) is 12.8 Å². The fourth-order valence-electron chi connectivity index (χ4n) is 0.458. The van der Waals surface area contributed by atoms with Crippen LogP contribution in [0.2, 0.25) is 0 Å². The zero-order valence-corrected chi connectivity index (χ0v) is 6.19. The minimum atomic E-state index is -1.04. The van der Waals surface area contributed by atoms with Crippen LogP contribution in [0.25, 0.3) is 0 Å². The summed E-state index contributed by atoms with van der Waals surface area (Å²) in [5, 5.41) is 8.39. The number of aliphatic hydroxyl groups excluding tert-OH is 1. The second-order valence-corrected chi connectivity index (χ2v) is 3.36. The van der Waals surface area contributed by atoms with E-state index < -0.39 is 18.6 Å². The van der Waals surface area contributed by atoms with Crippen molar-refractivity contribution in [2.75, 3.05) is 18.0 Å². The largest absolute Gasteiger partial charge is 0.396 e. The highest BCUT2D eigenvalue weighted by atomic mass is 32.2. The van der Waals surface area contributed by atoms with Crippen LogP contribution in [0.4, 0.5) is 0 Å². The van der Waals surface area contributed by atoms with Crippen LogP contribution in [0.3, 0.4) is 0 Å². The summed E-state index contributed by atoms with van der Waals surface area (Å²) >= 11 is 0. The first kappa shape index (κ1) is 5.92. The van der Waals surface area contributed by atoms with Gasteiger partial charge in [-0.3, -0.25) is 4.21 Å². The summed E-state index contributed by atoms with van der Waals surface area (Å²) in [6, 6.07) is 0. The second-order valence-electron chi connectivity index (χ2n) is 1.74. The van der Waals surface area contributed by atoms with Gasteiger partial charge in [0, 0.05) is 23.2 Å². The molecule has 0 heterocycles. The summed E-state index contributed by atoms with van der Waals surface area (Å²) in [5.74, 6) is 0.509. The van der Waals surface area contributed by atoms with Crippen LogP contribution in [0, 0.1) is 0 Å². The molecule has 0 aromatic rings. The van der Waals surface area contributed by atoms with Gasteiger partial charge in [0.25, 0.3) is 0 Å². The van der Waals surface area contributed by atoms with E-state index in [1.807, 2.05) is 0 Å². The molecule has 0 aromatic carbocycles. The molecule has 1 N–H and O–H groups in total. The van der Waals surface area contributed by atoms with E-state index in [2.05, 4.69) is 0 Å². The van der Waals surface area contributed by atoms with Crippen molar-refractivity contribution in [1.82, 2.24) is 0 Å². The molecule has 1 atom stereocenters. The van der Waals surface area contributed by atoms with Crippen molar-refractivity contribution in [2.24, 2.45) is 0 Å². The molecule has 2 nitrogen and oxygen atoms in total. The van der Waals surface area contributed by atoms with Gasteiger partial charge in [0.1, 0.15) is 7.77 Å². The van der Waals surface area contributed by atoms with Gasteiger partial charge in [-0.25, -0.2) is 0 Å². The number of unbranched alkanes of at least 4 members (excludes halogenated alkanes) is 1. The monoisotopic (exact) mass is 151 g/mol. The van der Waals surface area contributed by atoms with Crippen LogP contribution >= 0.6 is 0 Å². The van der Waals surface area contributed by atoms with E-state index in [4.69, 9.17) is 7.78 Å². The first-order valence-corrected chi connectivity index (χ1v) is 4.46. The molecule has 0 aromatic heterocycles. The molecule has 0 radical (unpaired) electrons. The third kappa shape index (κ3) is 6.05. The Labute approximate surface area is 62.2 Å². The molecule has 0 spiro atoms. The van der Waals surface area contributed by atoms with Crippen molar-refractivity contribution in [2.45, 2.75) is 12.8 Å². The maximum atomic E-state index is 10.9. The second kappa shape index (κ2) is 6.30. The van der Waals surface area contributed by atoms with Crippen LogP contribution in [0.5, 0.6) is 0 Å². The lowest BCUT2D eigenvalue weighted by Gasteiger charge is -1.95. The summed E-state index contributed by atoms with van der Waals surface area (Å²) in [4.78, 5) is 0. The Kier molecular flexibility index (Phi) is 4.14. The normalized spacial score (nSPS) is 16.1. The van der Waals surface area contributed by atoms with Crippen molar-refractivity contribution in [3.05, 3.63) is 0 Å². The molecule has 0 rings (SSSR count). The minimum absolute atomic E-state index is 0.127. The molecule has 0 saturated carbocycles. The van der Waals surface area contributed by atoms with Gasteiger partial charge in [-0.05, 0) is 21.2 Å². The van der Waals surface area contributed by atoms with E-state index in [9.17, 15) is 4.21 Å². The molecular weight excluding hydrogens is 135 g/mol. The maximum Gasteiger partial charge on any atom is 0.117 e. The Balaban J connectivity index is 3.23. The van der Waals surface area contributed by atoms with E-state index in [1.54, 1.807) is 0 Å². The van der Waals surface area contributed by atoms with Gasteiger partial charge >= 0.3 is 0 Å². The average molecular weight is 151 g/mol. The number of rotatable bonds is 6. The van der Waals surface area contributed by atoms with E-state index in [1.165, 1.54) is 0 Å². The maximum absolute atomic E-state index is 10.9. The molecule has 0 aliphatic carbocycles. The lowest BCUT2D eigenvalue weighted by molar-refractivity contribution is 0.287. The quantitative estimate of drug-likeness (QED) is 0.394. The first-order chi connectivity index (χ1) is 5.16. The molecule has 4 heteroatoms. The van der Waals surface area contributed by atoms with Crippen molar-refractivity contribution in [3.8, 4) is 0 Å². The Morgan fingerprint density at radius 1 is 1.89 bits per heavy atom. The first-order valence-electron chi connectivity index (χ1n) is 4.12. The third-order valence-electron chi connectivity index (χ3n) is 0.966. The lowest BCUT2D eigenvalue weighted by Crippen LogP contribution is -2.02. The Morgan fingerprint density at radius 2 is 2.67 bits per heavy atom. The van der Waals surface area contributed by atoms with Gasteiger partial charge in [0.2, 0.25) is 0 Å². The summed E-state index contributed by atoms with van der Waals surface area (Å²) in [6.07, 6.45) is 1.38. The van der Waals surface area contributed by atoms with Crippen molar-refractivity contribution < 1.29 is 9.32 Å². The van der Waals surface area contributed by atoms with Crippen molar-refractivity contribution in [1.29, 1.82) is 2.67 Å². The molecule has 0 bridgehead atoms. The Hall–Kier alpha value is 0.175. The Morgan fingerprint density at radius 3 is 3.22 bits per heavy atom. The summed E-state index contributed by atoms with van der Waals surface area (Å²) in [6.45, 7) is 0.127. The average Bonchev–Trinajstić information content (AvgIpc) is 1.86. The van der Waals surface area contributed by atoms with Crippen molar-refractivity contribution in [3.63, 3.8) is 0 Å². The smallest absolute Gasteiger partial charge is 0.117 e. The van der Waals surface area contributed by atoms with Gasteiger partial charge < -0.3 is 5.11 Å². The van der Waals surface area contributed by atoms with E-state index in [-0.39, 0.29) is 12.3 Å². The number of hydrogen-bond acceptors (Lipinski definition) is 2. The molecule has 9 heavy (non-hydrogen) atoms. The zero-order valence-electron chi connectivity index (χ0n) is 7.38. The SMILES string of the molecule is [2H]B([3H])CS(=O)CCCCO. The molecule has 0 fully saturated rings. The van der Waals surface area contributed by atoms with Gasteiger partial charge in [0.05, 0.1) is 0 Å². The molecule has 0 amide bonds. The Bertz CT molecular complexity index is 123. The van der Waals surface area contributed by atoms with Gasteiger partial charge in [-0.1, -0.05) is 0 Å². The third-order valence-corrected chi connectivity index (χ3v) is 2.08. The minimum Gasteiger partial charge on any atom is -0.396 e. The van der Waals surface area contributed by atoms with Crippen LogP contribution < -0.4 is 0 Å². The highest BCUT2D eigenvalue weighted by Gasteiger charge is 1.93. The van der Waals surface area contributed by atoms with Crippen LogP contribution in [0.15, 0.2) is 0 Å². The molecule has 1 unspecified atom stereocenters. The molecular formula is C5H13BO2S. The molecule has 54 valence electrons. The van der Waals surface area contributed by atoms with Gasteiger partial charge in [-0.15, -0.1) is 0 Å². The fraction of sp³-hybridized carbons (Fsp3) is 1.00.